The van der Waals surface area contributed by atoms with Gasteiger partial charge >= 0.3 is 5.97 Å². The van der Waals surface area contributed by atoms with Crippen LogP contribution in [0.3, 0.4) is 0 Å². The van der Waals surface area contributed by atoms with Crippen LogP contribution in [0.2, 0.25) is 0 Å². The second kappa shape index (κ2) is 8.88. The van der Waals surface area contributed by atoms with Gasteiger partial charge in [0.2, 0.25) is 0 Å². The number of hydrogen-bond donors (Lipinski definition) is 3. The highest BCUT2D eigenvalue weighted by Crippen LogP contribution is 2.24. The van der Waals surface area contributed by atoms with Crippen LogP contribution in [0.4, 0.5) is 0 Å². The summed E-state index contributed by atoms with van der Waals surface area (Å²) in [4.78, 5) is 24.7. The molecule has 0 saturated carbocycles. The van der Waals surface area contributed by atoms with Crippen molar-refractivity contribution in [2.24, 2.45) is 4.99 Å². The molecule has 148 valence electrons. The number of hydrogen-bond acceptors (Lipinski definition) is 5. The fraction of sp³-hybridized carbons (Fsp3) is 0.350. The minimum absolute atomic E-state index is 0.0965. The maximum absolute atomic E-state index is 12.0. The highest BCUT2D eigenvalue weighted by atomic mass is 32.1. The van der Waals surface area contributed by atoms with Crippen molar-refractivity contribution in [2.75, 3.05) is 13.7 Å². The number of fused-ring (bicyclic) bond motifs is 1. The number of aromatic amines is 1. The molecule has 0 aliphatic carbocycles. The average Bonchev–Trinajstić information content (AvgIpc) is 3.28. The molecule has 3 rings (SSSR count). The second-order valence-corrected chi connectivity index (χ2v) is 7.39. The molecule has 0 amide bonds. The Morgan fingerprint density at radius 2 is 2.18 bits per heavy atom. The summed E-state index contributed by atoms with van der Waals surface area (Å²) in [5.74, 6) is 0.342. The van der Waals surface area contributed by atoms with E-state index >= 15 is 0 Å². The molecule has 7 nitrogen and oxygen atoms in total. The van der Waals surface area contributed by atoms with Gasteiger partial charge in [-0.2, -0.15) is 0 Å². The first-order valence-corrected chi connectivity index (χ1v) is 10.0. The lowest BCUT2D eigenvalue weighted by atomic mass is 10.2. The number of para-hydroxylation sites is 1. The van der Waals surface area contributed by atoms with Gasteiger partial charge < -0.3 is 20.4 Å². The molecule has 1 unspecified atom stereocenters. The van der Waals surface area contributed by atoms with Gasteiger partial charge in [-0.1, -0.05) is 18.2 Å². The van der Waals surface area contributed by atoms with E-state index in [-0.39, 0.29) is 12.0 Å². The number of aliphatic imine (C=N–C) groups is 1. The molecule has 2 aromatic heterocycles. The second-order valence-electron chi connectivity index (χ2n) is 6.36. The number of guanidine groups is 1. The molecule has 0 fully saturated rings. The Morgan fingerprint density at radius 3 is 2.89 bits per heavy atom. The lowest BCUT2D eigenvalue weighted by molar-refractivity contribution is 0.0531. The molecule has 3 N–H and O–H groups in total. The van der Waals surface area contributed by atoms with Crippen LogP contribution in [0.25, 0.3) is 10.9 Å². The Hall–Kier alpha value is -2.87. The van der Waals surface area contributed by atoms with Gasteiger partial charge in [0.15, 0.2) is 5.96 Å². The van der Waals surface area contributed by atoms with Gasteiger partial charge in [-0.25, -0.2) is 9.78 Å². The van der Waals surface area contributed by atoms with Gasteiger partial charge in [0, 0.05) is 18.3 Å². The van der Waals surface area contributed by atoms with Crippen molar-refractivity contribution in [3.63, 3.8) is 0 Å². The third kappa shape index (κ3) is 4.51. The number of aromatic nitrogens is 2. The van der Waals surface area contributed by atoms with Crippen molar-refractivity contribution < 1.29 is 9.53 Å². The summed E-state index contributed by atoms with van der Waals surface area (Å²) in [6.45, 7) is 6.57. The van der Waals surface area contributed by atoms with E-state index in [0.717, 1.165) is 16.2 Å². The number of carbonyl (C=O) groups is 1. The molecule has 0 spiro atoms. The zero-order chi connectivity index (χ0) is 20.1. The van der Waals surface area contributed by atoms with Gasteiger partial charge in [0.1, 0.15) is 9.88 Å². The average molecular weight is 400 g/mol. The molecule has 0 aliphatic heterocycles. The fourth-order valence-corrected chi connectivity index (χ4v) is 3.82. The standard InChI is InChI=1S/C20H25N5O2S/c1-5-27-19(26)17-12(2)23-18(28-17)13(3)24-20(21-4)22-11-15-10-14-8-6-7-9-16(14)25-15/h6-10,13,25H,5,11H2,1-4H3,(H2,21,22,24). The largest absolute Gasteiger partial charge is 0.462 e. The van der Waals surface area contributed by atoms with Gasteiger partial charge in [0.05, 0.1) is 24.9 Å². The van der Waals surface area contributed by atoms with Crippen LogP contribution < -0.4 is 10.6 Å². The highest BCUT2D eigenvalue weighted by molar-refractivity contribution is 7.13. The zero-order valence-corrected chi connectivity index (χ0v) is 17.3. The smallest absolute Gasteiger partial charge is 0.350 e. The predicted molar refractivity (Wildman–Crippen MR) is 113 cm³/mol. The third-order valence-electron chi connectivity index (χ3n) is 4.25. The van der Waals surface area contributed by atoms with E-state index < -0.39 is 0 Å². The van der Waals surface area contributed by atoms with Crippen molar-refractivity contribution in [3.8, 4) is 0 Å². The van der Waals surface area contributed by atoms with Crippen molar-refractivity contribution in [2.45, 2.75) is 33.4 Å². The van der Waals surface area contributed by atoms with Crippen LogP contribution in [-0.2, 0) is 11.3 Å². The van der Waals surface area contributed by atoms with Crippen LogP contribution >= 0.6 is 11.3 Å². The predicted octanol–water partition coefficient (Wildman–Crippen LogP) is 3.54. The van der Waals surface area contributed by atoms with E-state index in [1.165, 1.54) is 16.7 Å². The fourth-order valence-electron chi connectivity index (χ4n) is 2.86. The van der Waals surface area contributed by atoms with Gasteiger partial charge in [-0.05, 0) is 38.3 Å². The Morgan fingerprint density at radius 1 is 1.39 bits per heavy atom. The van der Waals surface area contributed by atoms with E-state index in [1.54, 1.807) is 14.0 Å². The van der Waals surface area contributed by atoms with E-state index in [2.05, 4.69) is 43.8 Å². The number of nitrogens with zero attached hydrogens (tertiary/aromatic N) is 2. The molecule has 28 heavy (non-hydrogen) atoms. The monoisotopic (exact) mass is 399 g/mol. The summed E-state index contributed by atoms with van der Waals surface area (Å²) in [5, 5.41) is 8.62. The first-order chi connectivity index (χ1) is 13.5. The number of benzene rings is 1. The van der Waals surface area contributed by atoms with E-state index in [9.17, 15) is 4.79 Å². The molecule has 0 bridgehead atoms. The number of rotatable bonds is 6. The molecular weight excluding hydrogens is 374 g/mol. The SMILES string of the molecule is CCOC(=O)c1sc(C(C)NC(=NC)NCc2cc3ccccc3[nH]2)nc1C. The van der Waals surface area contributed by atoms with Crippen molar-refractivity contribution in [1.29, 1.82) is 0 Å². The molecule has 2 heterocycles. The Kier molecular flexibility index (Phi) is 6.30. The number of nitrogens with one attached hydrogen (secondary N) is 3. The summed E-state index contributed by atoms with van der Waals surface area (Å²) in [7, 11) is 1.73. The van der Waals surface area contributed by atoms with Crippen molar-refractivity contribution in [3.05, 3.63) is 51.6 Å². The maximum atomic E-state index is 12.0. The normalized spacial score (nSPS) is 12.8. The lowest BCUT2D eigenvalue weighted by Crippen LogP contribution is -2.38. The Labute approximate surface area is 168 Å². The molecule has 0 aliphatic rings. The van der Waals surface area contributed by atoms with Crippen molar-refractivity contribution in [1.82, 2.24) is 20.6 Å². The highest BCUT2D eigenvalue weighted by Gasteiger charge is 2.20. The number of H-pyrrole nitrogens is 1. The first kappa shape index (κ1) is 19.9. The van der Waals surface area contributed by atoms with E-state index in [1.807, 2.05) is 26.0 Å². The van der Waals surface area contributed by atoms with Crippen LogP contribution in [0.5, 0.6) is 0 Å². The summed E-state index contributed by atoms with van der Waals surface area (Å²) >= 11 is 1.35. The molecule has 1 aromatic carbocycles. The number of aryl methyl sites for hydroxylation is 1. The quantitative estimate of drug-likeness (QED) is 0.335. The van der Waals surface area contributed by atoms with Crippen LogP contribution in [0.1, 0.15) is 46.0 Å². The minimum atomic E-state index is -0.322. The molecule has 3 aromatic rings. The number of ether oxygens (including phenoxy) is 1. The van der Waals surface area contributed by atoms with Crippen molar-refractivity contribution >= 4 is 34.2 Å². The van der Waals surface area contributed by atoms with Crippen LogP contribution in [-0.4, -0.2) is 35.6 Å². The molecule has 0 saturated heterocycles. The Balaban J connectivity index is 1.62. The van der Waals surface area contributed by atoms with Gasteiger partial charge in [-0.15, -0.1) is 11.3 Å². The van der Waals surface area contributed by atoms with E-state index in [0.29, 0.717) is 29.7 Å². The Bertz CT molecular complexity index is 959. The molecule has 0 radical (unpaired) electrons. The minimum Gasteiger partial charge on any atom is -0.462 e. The molecule has 1 atom stereocenters. The summed E-state index contributed by atoms with van der Waals surface area (Å²) in [6, 6.07) is 10.2. The lowest BCUT2D eigenvalue weighted by Gasteiger charge is -2.15. The van der Waals surface area contributed by atoms with Gasteiger partial charge in [-0.3, -0.25) is 4.99 Å². The number of thiazole rings is 1. The third-order valence-corrected chi connectivity index (χ3v) is 5.57. The summed E-state index contributed by atoms with van der Waals surface area (Å²) < 4.78 is 5.09. The van der Waals surface area contributed by atoms with Crippen LogP contribution in [0.15, 0.2) is 35.3 Å². The summed E-state index contributed by atoms with van der Waals surface area (Å²) in [6.07, 6.45) is 0. The topological polar surface area (TPSA) is 91.4 Å². The van der Waals surface area contributed by atoms with Crippen LogP contribution in [0, 0.1) is 6.92 Å². The van der Waals surface area contributed by atoms with Gasteiger partial charge in [0.25, 0.3) is 0 Å². The first-order valence-electron chi connectivity index (χ1n) is 9.20. The summed E-state index contributed by atoms with van der Waals surface area (Å²) in [5.41, 5.74) is 2.87. The molecule has 8 heteroatoms. The maximum Gasteiger partial charge on any atom is 0.350 e. The number of carbonyl (C=O) groups excluding carboxylic acids is 1. The number of esters is 1. The molecular formula is C20H25N5O2S. The zero-order valence-electron chi connectivity index (χ0n) is 16.5. The van der Waals surface area contributed by atoms with E-state index in [4.69, 9.17) is 4.74 Å².